The van der Waals surface area contributed by atoms with Gasteiger partial charge in [0, 0.05) is 10.3 Å². The van der Waals surface area contributed by atoms with Crippen molar-refractivity contribution in [2.75, 3.05) is 13.1 Å². The van der Waals surface area contributed by atoms with Gasteiger partial charge in [-0.2, -0.15) is 0 Å². The molecule has 1 aromatic heterocycles. The van der Waals surface area contributed by atoms with E-state index in [0.29, 0.717) is 0 Å². The molecule has 1 aromatic rings. The highest BCUT2D eigenvalue weighted by Crippen LogP contribution is 2.34. The number of thiophene rings is 1. The van der Waals surface area contributed by atoms with Crippen molar-refractivity contribution in [1.82, 2.24) is 5.32 Å². The van der Waals surface area contributed by atoms with Gasteiger partial charge in [0.15, 0.2) is 0 Å². The van der Waals surface area contributed by atoms with Crippen LogP contribution in [0.25, 0.3) is 0 Å². The number of hydrogen-bond donors (Lipinski definition) is 1. The Labute approximate surface area is 102 Å². The molecule has 1 rings (SSSR count). The van der Waals surface area contributed by atoms with Crippen LogP contribution in [0.15, 0.2) is 12.1 Å². The largest absolute Gasteiger partial charge is 0.317 e. The first kappa shape index (κ1) is 13.0. The first-order chi connectivity index (χ1) is 7.06. The Bertz CT molecular complexity index is 294. The Balaban J connectivity index is 2.44. The summed E-state index contributed by atoms with van der Waals surface area (Å²) in [7, 11) is 0. The summed E-state index contributed by atoms with van der Waals surface area (Å²) in [5, 5.41) is 3.44. The second kappa shape index (κ2) is 5.88. The maximum atomic E-state index is 5.95. The van der Waals surface area contributed by atoms with E-state index in [1.54, 1.807) is 11.3 Å². The van der Waals surface area contributed by atoms with Gasteiger partial charge in [0.05, 0.1) is 4.34 Å². The van der Waals surface area contributed by atoms with E-state index in [9.17, 15) is 0 Å². The molecular weight excluding hydrogens is 226 g/mol. The van der Waals surface area contributed by atoms with Crippen molar-refractivity contribution >= 4 is 22.9 Å². The molecule has 15 heavy (non-hydrogen) atoms. The standard InChI is InChI=1S/C12H20ClNS/c1-4-8-14-9-7-12(2,3)10-5-6-11(13)15-10/h5-6,14H,4,7-9H2,1-3H3. The van der Waals surface area contributed by atoms with Crippen molar-refractivity contribution in [3.05, 3.63) is 21.3 Å². The van der Waals surface area contributed by atoms with Crippen molar-refractivity contribution < 1.29 is 0 Å². The predicted octanol–water partition coefficient (Wildman–Crippen LogP) is 4.07. The van der Waals surface area contributed by atoms with E-state index < -0.39 is 0 Å². The highest BCUT2D eigenvalue weighted by molar-refractivity contribution is 7.16. The van der Waals surface area contributed by atoms with Crippen LogP contribution < -0.4 is 5.32 Å². The van der Waals surface area contributed by atoms with Crippen molar-refractivity contribution in [1.29, 1.82) is 0 Å². The number of nitrogens with one attached hydrogen (secondary N) is 1. The average Bonchev–Trinajstić information content (AvgIpc) is 2.60. The monoisotopic (exact) mass is 245 g/mol. The first-order valence-corrected chi connectivity index (χ1v) is 6.72. The Morgan fingerprint density at radius 2 is 2.07 bits per heavy atom. The molecule has 0 saturated carbocycles. The smallest absolute Gasteiger partial charge is 0.0931 e. The lowest BCUT2D eigenvalue weighted by Gasteiger charge is -2.23. The molecule has 0 spiro atoms. The third kappa shape index (κ3) is 4.13. The summed E-state index contributed by atoms with van der Waals surface area (Å²) in [6.07, 6.45) is 2.36. The summed E-state index contributed by atoms with van der Waals surface area (Å²) >= 11 is 7.65. The highest BCUT2D eigenvalue weighted by Gasteiger charge is 2.21. The first-order valence-electron chi connectivity index (χ1n) is 5.53. The molecule has 0 bridgehead atoms. The minimum atomic E-state index is 0.235. The van der Waals surface area contributed by atoms with Crippen molar-refractivity contribution in [2.45, 2.75) is 39.0 Å². The van der Waals surface area contributed by atoms with Crippen molar-refractivity contribution in [3.8, 4) is 0 Å². The summed E-state index contributed by atoms with van der Waals surface area (Å²) in [4.78, 5) is 1.38. The van der Waals surface area contributed by atoms with Crippen LogP contribution in [-0.2, 0) is 5.41 Å². The lowest BCUT2D eigenvalue weighted by Crippen LogP contribution is -2.25. The van der Waals surface area contributed by atoms with Gasteiger partial charge in [-0.15, -0.1) is 11.3 Å². The summed E-state index contributed by atoms with van der Waals surface area (Å²) < 4.78 is 0.889. The number of rotatable bonds is 6. The summed E-state index contributed by atoms with van der Waals surface area (Å²) in [6, 6.07) is 4.13. The number of hydrogen-bond acceptors (Lipinski definition) is 2. The number of halogens is 1. The maximum absolute atomic E-state index is 5.95. The molecule has 1 N–H and O–H groups in total. The fourth-order valence-corrected chi connectivity index (χ4v) is 2.68. The molecule has 0 amide bonds. The van der Waals surface area contributed by atoms with E-state index in [1.807, 2.05) is 6.07 Å². The SMILES string of the molecule is CCCNCCC(C)(C)c1ccc(Cl)s1. The molecule has 3 heteroatoms. The summed E-state index contributed by atoms with van der Waals surface area (Å²) in [6.45, 7) is 8.94. The molecule has 0 aliphatic rings. The molecule has 1 nitrogen and oxygen atoms in total. The van der Waals surface area contributed by atoms with Gasteiger partial charge in [-0.05, 0) is 38.1 Å². The summed E-state index contributed by atoms with van der Waals surface area (Å²) in [5.41, 5.74) is 0.235. The van der Waals surface area contributed by atoms with Crippen molar-refractivity contribution in [3.63, 3.8) is 0 Å². The van der Waals surface area contributed by atoms with Gasteiger partial charge in [-0.25, -0.2) is 0 Å². The fraction of sp³-hybridized carbons (Fsp3) is 0.667. The van der Waals surface area contributed by atoms with Crippen LogP contribution in [-0.4, -0.2) is 13.1 Å². The molecule has 0 unspecified atom stereocenters. The second-order valence-corrected chi connectivity index (χ2v) is 6.20. The minimum absolute atomic E-state index is 0.235. The van der Waals surface area contributed by atoms with Crippen LogP contribution in [0.1, 0.15) is 38.5 Å². The van der Waals surface area contributed by atoms with Crippen LogP contribution >= 0.6 is 22.9 Å². The minimum Gasteiger partial charge on any atom is -0.317 e. The van der Waals surface area contributed by atoms with Gasteiger partial charge in [-0.3, -0.25) is 0 Å². The molecule has 0 aliphatic carbocycles. The zero-order valence-electron chi connectivity index (χ0n) is 9.77. The van der Waals surface area contributed by atoms with Crippen LogP contribution in [0, 0.1) is 0 Å². The third-order valence-electron chi connectivity index (χ3n) is 2.59. The van der Waals surface area contributed by atoms with E-state index in [2.05, 4.69) is 32.2 Å². The molecule has 0 aromatic carbocycles. The third-order valence-corrected chi connectivity index (χ3v) is 4.19. The van der Waals surface area contributed by atoms with Crippen LogP contribution in [0.2, 0.25) is 4.34 Å². The Hall–Kier alpha value is -0.0500. The topological polar surface area (TPSA) is 12.0 Å². The predicted molar refractivity (Wildman–Crippen MR) is 70.1 cm³/mol. The van der Waals surface area contributed by atoms with Gasteiger partial charge < -0.3 is 5.32 Å². The zero-order valence-corrected chi connectivity index (χ0v) is 11.3. The van der Waals surface area contributed by atoms with Crippen LogP contribution in [0.5, 0.6) is 0 Å². The normalized spacial score (nSPS) is 12.0. The highest BCUT2D eigenvalue weighted by atomic mass is 35.5. The molecule has 86 valence electrons. The summed E-state index contributed by atoms with van der Waals surface area (Å²) in [5.74, 6) is 0. The van der Waals surface area contributed by atoms with E-state index in [4.69, 9.17) is 11.6 Å². The zero-order chi connectivity index (χ0) is 11.3. The van der Waals surface area contributed by atoms with Crippen molar-refractivity contribution in [2.24, 2.45) is 0 Å². The van der Waals surface area contributed by atoms with Crippen LogP contribution in [0.4, 0.5) is 0 Å². The Morgan fingerprint density at radius 1 is 1.33 bits per heavy atom. The van der Waals surface area contributed by atoms with E-state index in [0.717, 1.165) is 23.8 Å². The average molecular weight is 246 g/mol. The van der Waals surface area contributed by atoms with Gasteiger partial charge in [-0.1, -0.05) is 32.4 Å². The Morgan fingerprint density at radius 3 is 2.60 bits per heavy atom. The fourth-order valence-electron chi connectivity index (χ4n) is 1.50. The quantitative estimate of drug-likeness (QED) is 0.745. The van der Waals surface area contributed by atoms with Gasteiger partial charge in [0.25, 0.3) is 0 Å². The maximum Gasteiger partial charge on any atom is 0.0931 e. The van der Waals surface area contributed by atoms with Gasteiger partial charge in [0.1, 0.15) is 0 Å². The molecule has 1 heterocycles. The van der Waals surface area contributed by atoms with Gasteiger partial charge in [0.2, 0.25) is 0 Å². The molecule has 0 atom stereocenters. The lowest BCUT2D eigenvalue weighted by molar-refractivity contribution is 0.465. The second-order valence-electron chi connectivity index (χ2n) is 4.49. The molecule has 0 fully saturated rings. The van der Waals surface area contributed by atoms with E-state index >= 15 is 0 Å². The molecule has 0 aliphatic heterocycles. The Kier molecular flexibility index (Phi) is 5.10. The van der Waals surface area contributed by atoms with E-state index in [-0.39, 0.29) is 5.41 Å². The van der Waals surface area contributed by atoms with Gasteiger partial charge >= 0.3 is 0 Å². The lowest BCUT2D eigenvalue weighted by atomic mass is 9.87. The van der Waals surface area contributed by atoms with Crippen LogP contribution in [0.3, 0.4) is 0 Å². The molecule has 0 saturated heterocycles. The van der Waals surface area contributed by atoms with E-state index in [1.165, 1.54) is 11.3 Å². The molecular formula is C12H20ClNS. The molecule has 0 radical (unpaired) electrons.